The van der Waals surface area contributed by atoms with Crippen molar-refractivity contribution >= 4 is 35.4 Å². The molecular formula is C31H34ClN3O7. The fourth-order valence-electron chi connectivity index (χ4n) is 4.55. The van der Waals surface area contributed by atoms with Gasteiger partial charge in [-0.1, -0.05) is 48.0 Å². The summed E-state index contributed by atoms with van der Waals surface area (Å²) < 4.78 is 21.9. The Morgan fingerprint density at radius 1 is 0.905 bits per heavy atom. The van der Waals surface area contributed by atoms with E-state index < -0.39 is 18.1 Å². The lowest BCUT2D eigenvalue weighted by molar-refractivity contribution is 0.000359. The van der Waals surface area contributed by atoms with Crippen molar-refractivity contribution in [2.75, 3.05) is 25.5 Å². The van der Waals surface area contributed by atoms with Crippen LogP contribution >= 0.6 is 11.6 Å². The average Bonchev–Trinajstić information content (AvgIpc) is 3.52. The highest BCUT2D eigenvalue weighted by Gasteiger charge is 2.26. The Bertz CT molecular complexity index is 1350. The van der Waals surface area contributed by atoms with Gasteiger partial charge in [0.25, 0.3) is 5.91 Å². The second-order valence-corrected chi connectivity index (χ2v) is 9.90. The van der Waals surface area contributed by atoms with Crippen LogP contribution in [0.15, 0.2) is 72.8 Å². The van der Waals surface area contributed by atoms with Crippen molar-refractivity contribution in [3.63, 3.8) is 0 Å². The minimum absolute atomic E-state index is 0.00980. The number of benzene rings is 3. The third-order valence-electron chi connectivity index (χ3n) is 6.79. The van der Waals surface area contributed by atoms with Crippen molar-refractivity contribution in [2.45, 2.75) is 44.9 Å². The molecule has 0 aromatic heterocycles. The average molecular weight is 596 g/mol. The fraction of sp³-hybridized carbons (Fsp3) is 0.323. The molecule has 0 aliphatic heterocycles. The first-order chi connectivity index (χ1) is 20.4. The zero-order chi connectivity index (χ0) is 29.9. The number of nitrogens with zero attached hydrogens (tertiary/aromatic N) is 2. The van der Waals surface area contributed by atoms with Crippen LogP contribution in [0.25, 0.3) is 0 Å². The summed E-state index contributed by atoms with van der Waals surface area (Å²) in [5.41, 5.74) is 2.28. The SMILES string of the molecule is COc1ccc(CN(C(=O)OCCl)N(C)C(=O)c2ccc(NC(=O)OCc3ccccc3)cc2)cc1OC1CCCC1. The number of hydrogen-bond donors (Lipinski definition) is 1. The predicted octanol–water partition coefficient (Wildman–Crippen LogP) is 6.59. The number of halogens is 1. The molecule has 1 fully saturated rings. The van der Waals surface area contributed by atoms with Crippen LogP contribution < -0.4 is 14.8 Å². The fourth-order valence-corrected chi connectivity index (χ4v) is 4.65. The topological polar surface area (TPSA) is 107 Å². The molecule has 0 bridgehead atoms. The monoisotopic (exact) mass is 595 g/mol. The molecule has 42 heavy (non-hydrogen) atoms. The molecule has 0 unspecified atom stereocenters. The van der Waals surface area contributed by atoms with Gasteiger partial charge in [0.1, 0.15) is 6.61 Å². The Morgan fingerprint density at radius 3 is 2.29 bits per heavy atom. The van der Waals surface area contributed by atoms with Crippen LogP contribution in [0, 0.1) is 0 Å². The molecule has 10 nitrogen and oxygen atoms in total. The van der Waals surface area contributed by atoms with Gasteiger partial charge in [0.15, 0.2) is 17.6 Å². The molecule has 1 saturated carbocycles. The number of carbonyl (C=O) groups excluding carboxylic acids is 3. The Labute approximate surface area is 250 Å². The lowest BCUT2D eigenvalue weighted by atomic mass is 10.1. The van der Waals surface area contributed by atoms with Gasteiger partial charge in [-0.25, -0.2) is 19.6 Å². The van der Waals surface area contributed by atoms with Crippen LogP contribution in [0.3, 0.4) is 0 Å². The number of carbonyl (C=O) groups is 3. The molecule has 4 rings (SSSR count). The molecule has 3 aromatic rings. The summed E-state index contributed by atoms with van der Waals surface area (Å²) in [5, 5.41) is 4.94. The van der Waals surface area contributed by atoms with Gasteiger partial charge in [-0.15, -0.1) is 0 Å². The molecule has 1 aliphatic rings. The quantitative estimate of drug-likeness (QED) is 0.208. The number of anilines is 1. The predicted molar refractivity (Wildman–Crippen MR) is 157 cm³/mol. The summed E-state index contributed by atoms with van der Waals surface area (Å²) in [6.07, 6.45) is 2.87. The van der Waals surface area contributed by atoms with Crippen molar-refractivity contribution in [1.82, 2.24) is 10.0 Å². The van der Waals surface area contributed by atoms with Crippen LogP contribution in [-0.2, 0) is 22.6 Å². The molecular weight excluding hydrogens is 562 g/mol. The summed E-state index contributed by atoms with van der Waals surface area (Å²) in [4.78, 5) is 38.4. The number of ether oxygens (including phenoxy) is 4. The summed E-state index contributed by atoms with van der Waals surface area (Å²) in [5.74, 6) is 0.685. The van der Waals surface area contributed by atoms with Gasteiger partial charge in [-0.3, -0.25) is 10.1 Å². The number of hydrazine groups is 1. The molecule has 11 heteroatoms. The minimum Gasteiger partial charge on any atom is -0.493 e. The summed E-state index contributed by atoms with van der Waals surface area (Å²) in [7, 11) is 3.03. The van der Waals surface area contributed by atoms with E-state index in [1.54, 1.807) is 37.4 Å². The maximum absolute atomic E-state index is 13.4. The molecule has 0 heterocycles. The third-order valence-corrected chi connectivity index (χ3v) is 6.90. The highest BCUT2D eigenvalue weighted by atomic mass is 35.5. The molecule has 0 radical (unpaired) electrons. The van der Waals surface area contributed by atoms with Gasteiger partial charge in [-0.05, 0) is 73.2 Å². The highest BCUT2D eigenvalue weighted by Crippen LogP contribution is 2.33. The first-order valence-corrected chi connectivity index (χ1v) is 14.1. The summed E-state index contributed by atoms with van der Waals surface area (Å²) >= 11 is 5.67. The number of hydrogen-bond acceptors (Lipinski definition) is 7. The minimum atomic E-state index is -0.797. The van der Waals surface area contributed by atoms with E-state index in [2.05, 4.69) is 5.32 Å². The Morgan fingerprint density at radius 2 is 1.62 bits per heavy atom. The molecule has 3 amide bonds. The van der Waals surface area contributed by atoms with Crippen molar-refractivity contribution in [1.29, 1.82) is 0 Å². The van der Waals surface area contributed by atoms with Crippen molar-refractivity contribution < 1.29 is 33.3 Å². The van der Waals surface area contributed by atoms with Crippen molar-refractivity contribution in [3.8, 4) is 11.5 Å². The molecule has 0 spiro atoms. The first-order valence-electron chi connectivity index (χ1n) is 13.6. The third kappa shape index (κ3) is 8.29. The maximum Gasteiger partial charge on any atom is 0.430 e. The van der Waals surface area contributed by atoms with Crippen LogP contribution in [0.4, 0.5) is 15.3 Å². The highest BCUT2D eigenvalue weighted by molar-refractivity contribution is 6.17. The zero-order valence-corrected chi connectivity index (χ0v) is 24.3. The number of methoxy groups -OCH3 is 1. The lowest BCUT2D eigenvalue weighted by Crippen LogP contribution is -2.47. The number of alkyl halides is 1. The van der Waals surface area contributed by atoms with Gasteiger partial charge >= 0.3 is 12.2 Å². The second kappa shape index (κ2) is 15.0. The van der Waals surface area contributed by atoms with Crippen LogP contribution in [0.2, 0.25) is 0 Å². The van der Waals surface area contributed by atoms with E-state index in [4.69, 9.17) is 30.5 Å². The molecule has 1 aliphatic carbocycles. The molecule has 222 valence electrons. The van der Waals surface area contributed by atoms with Gasteiger partial charge < -0.3 is 18.9 Å². The Kier molecular flexibility index (Phi) is 10.9. The smallest absolute Gasteiger partial charge is 0.430 e. The van der Waals surface area contributed by atoms with Crippen LogP contribution in [-0.4, -0.2) is 54.4 Å². The number of amides is 3. The summed E-state index contributed by atoms with van der Waals surface area (Å²) in [6.45, 7) is 0.139. The lowest BCUT2D eigenvalue weighted by Gasteiger charge is -2.31. The van der Waals surface area contributed by atoms with Gasteiger partial charge in [0, 0.05) is 18.3 Å². The largest absolute Gasteiger partial charge is 0.493 e. The Balaban J connectivity index is 1.42. The van der Waals surface area contributed by atoms with E-state index in [1.165, 1.54) is 19.2 Å². The molecule has 1 N–H and O–H groups in total. The molecule has 3 aromatic carbocycles. The second-order valence-electron chi connectivity index (χ2n) is 9.68. The zero-order valence-electron chi connectivity index (χ0n) is 23.6. The van der Waals surface area contributed by atoms with Crippen molar-refractivity contribution in [2.24, 2.45) is 0 Å². The Hall–Kier alpha value is -4.44. The standard InChI is InChI=1S/C31H34ClN3O7/c1-34(29(36)24-13-15-25(16-14-24)33-30(37)40-20-22-8-4-3-5-9-22)35(31(38)41-21-32)19-23-12-17-27(39-2)28(18-23)42-26-10-6-7-11-26/h3-5,8-9,12-18,26H,6-7,10-11,19-21H2,1-2H3,(H,33,37). The van der Waals surface area contributed by atoms with Crippen molar-refractivity contribution in [3.05, 3.63) is 89.5 Å². The molecule has 0 saturated heterocycles. The normalized spacial score (nSPS) is 12.7. The van der Waals surface area contributed by atoms with Gasteiger partial charge in [-0.2, -0.15) is 0 Å². The van der Waals surface area contributed by atoms with Crippen LogP contribution in [0.1, 0.15) is 47.2 Å². The van der Waals surface area contributed by atoms with E-state index in [1.807, 2.05) is 30.3 Å². The van der Waals surface area contributed by atoms with E-state index in [-0.39, 0.29) is 30.9 Å². The van der Waals surface area contributed by atoms with E-state index >= 15 is 0 Å². The van der Waals surface area contributed by atoms with E-state index in [0.717, 1.165) is 41.3 Å². The van der Waals surface area contributed by atoms with Crippen LogP contribution in [0.5, 0.6) is 11.5 Å². The van der Waals surface area contributed by atoms with Gasteiger partial charge in [0.2, 0.25) is 0 Å². The first kappa shape index (κ1) is 30.5. The van der Waals surface area contributed by atoms with Gasteiger partial charge in [0.05, 0.1) is 19.8 Å². The maximum atomic E-state index is 13.4. The van der Waals surface area contributed by atoms with E-state index in [0.29, 0.717) is 22.7 Å². The molecule has 0 atom stereocenters. The van der Waals surface area contributed by atoms with E-state index in [9.17, 15) is 14.4 Å². The summed E-state index contributed by atoms with van der Waals surface area (Å²) in [6, 6.07) is 20.5. The number of nitrogens with one attached hydrogen (secondary N) is 1. The number of rotatable bonds is 10.